The summed E-state index contributed by atoms with van der Waals surface area (Å²) >= 11 is 1.16. The van der Waals surface area contributed by atoms with E-state index in [9.17, 15) is 18.4 Å². The van der Waals surface area contributed by atoms with Gasteiger partial charge in [-0.2, -0.15) is 0 Å². The average Bonchev–Trinajstić information content (AvgIpc) is 3.34. The molecule has 3 aromatic heterocycles. The second kappa shape index (κ2) is 8.93. The summed E-state index contributed by atoms with van der Waals surface area (Å²) in [5, 5.41) is 1.71. The number of sulfonamides is 1. The van der Waals surface area contributed by atoms with Gasteiger partial charge in [-0.05, 0) is 23.6 Å². The maximum absolute atomic E-state index is 13.1. The number of methoxy groups -OCH3 is 1. The summed E-state index contributed by atoms with van der Waals surface area (Å²) < 4.78 is 33.5. The molecule has 10 nitrogen and oxygen atoms in total. The highest BCUT2D eigenvalue weighted by atomic mass is 32.3. The topological polar surface area (TPSA) is 121 Å². The Morgan fingerprint density at radius 2 is 2.03 bits per heavy atom. The highest BCUT2D eigenvalue weighted by molar-refractivity contribution is 7.97. The number of thiophene rings is 1. The van der Waals surface area contributed by atoms with Crippen molar-refractivity contribution in [2.24, 2.45) is 0 Å². The molecule has 0 radical (unpaired) electrons. The monoisotopic (exact) mass is 463 g/mol. The number of hydrogen-bond acceptors (Lipinski definition) is 8. The number of aromatic nitrogens is 3. The van der Waals surface area contributed by atoms with Crippen LogP contribution in [0.3, 0.4) is 0 Å². The first kappa shape index (κ1) is 21.7. The fraction of sp³-hybridized carbons (Fsp3) is 0.368. The molecular formula is C19H21N5O5S2. The van der Waals surface area contributed by atoms with Gasteiger partial charge in [0.25, 0.3) is 11.5 Å². The molecule has 0 bridgehead atoms. The van der Waals surface area contributed by atoms with Gasteiger partial charge in [-0.25, -0.2) is 9.97 Å². The summed E-state index contributed by atoms with van der Waals surface area (Å²) in [5.41, 5.74) is 0.0708. The third-order valence-corrected chi connectivity index (χ3v) is 8.31. The van der Waals surface area contributed by atoms with E-state index in [0.29, 0.717) is 11.2 Å². The first-order chi connectivity index (χ1) is 14.9. The lowest BCUT2D eigenvalue weighted by Crippen LogP contribution is -2.53. The Morgan fingerprint density at radius 1 is 1.26 bits per heavy atom. The Morgan fingerprint density at radius 3 is 2.71 bits per heavy atom. The molecule has 4 heterocycles. The van der Waals surface area contributed by atoms with Gasteiger partial charge in [-0.15, -0.1) is 4.31 Å². The molecule has 3 aromatic rings. The lowest BCUT2D eigenvalue weighted by atomic mass is 10.3. The van der Waals surface area contributed by atoms with Crippen molar-refractivity contribution in [1.82, 2.24) is 23.7 Å². The van der Waals surface area contributed by atoms with Crippen LogP contribution in [0.15, 0.2) is 44.8 Å². The molecule has 1 aliphatic rings. The van der Waals surface area contributed by atoms with E-state index in [1.165, 1.54) is 20.9 Å². The van der Waals surface area contributed by atoms with Crippen LogP contribution >= 0.6 is 11.3 Å². The van der Waals surface area contributed by atoms with Crippen LogP contribution in [0.2, 0.25) is 0 Å². The molecule has 164 valence electrons. The van der Waals surface area contributed by atoms with Crippen molar-refractivity contribution in [3.05, 3.63) is 51.9 Å². The molecule has 0 N–H and O–H groups in total. The number of pyridine rings is 1. The zero-order chi connectivity index (χ0) is 22.0. The number of hydrogen-bond donors (Lipinski definition) is 0. The molecule has 0 saturated carbocycles. The molecule has 1 aliphatic heterocycles. The lowest BCUT2D eigenvalue weighted by molar-refractivity contribution is 0.0684. The molecule has 4 rings (SSSR count). The van der Waals surface area contributed by atoms with Gasteiger partial charge in [-0.1, -0.05) is 15.5 Å². The van der Waals surface area contributed by atoms with Crippen LogP contribution in [0.5, 0.6) is 0 Å². The number of fused-ring (bicyclic) bond motifs is 1. The maximum Gasteiger partial charge on any atom is 0.283 e. The third-order valence-electron chi connectivity index (χ3n) is 5.04. The zero-order valence-electron chi connectivity index (χ0n) is 16.8. The van der Waals surface area contributed by atoms with Crippen molar-refractivity contribution in [2.75, 3.05) is 39.9 Å². The lowest BCUT2D eigenvalue weighted by Gasteiger charge is -2.35. The van der Waals surface area contributed by atoms with Gasteiger partial charge in [0.2, 0.25) is 4.21 Å². The first-order valence-electron chi connectivity index (χ1n) is 9.61. The van der Waals surface area contributed by atoms with Crippen molar-refractivity contribution in [3.8, 4) is 0 Å². The van der Waals surface area contributed by atoms with Crippen molar-refractivity contribution in [1.29, 1.82) is 0 Å². The Bertz CT molecular complexity index is 1190. The largest absolute Gasteiger partial charge is 0.592 e. The zero-order valence-corrected chi connectivity index (χ0v) is 18.4. The first-order valence-corrected chi connectivity index (χ1v) is 11.9. The summed E-state index contributed by atoms with van der Waals surface area (Å²) in [4.78, 5) is 36.1. The van der Waals surface area contributed by atoms with Gasteiger partial charge in [0.05, 0.1) is 26.2 Å². The normalized spacial score (nSPS) is 17.0. The van der Waals surface area contributed by atoms with Gasteiger partial charge in [0.1, 0.15) is 5.52 Å². The minimum absolute atomic E-state index is 0.152. The Balaban J connectivity index is 1.57. The number of rotatable bonds is 6. The van der Waals surface area contributed by atoms with Crippen molar-refractivity contribution < 1.29 is 18.3 Å². The Hall–Kier alpha value is -2.51. The van der Waals surface area contributed by atoms with Crippen LogP contribution in [0.1, 0.15) is 10.5 Å². The van der Waals surface area contributed by atoms with Gasteiger partial charge in [-0.3, -0.25) is 14.2 Å². The minimum atomic E-state index is -3.58. The maximum atomic E-state index is 13.1. The summed E-state index contributed by atoms with van der Waals surface area (Å²) in [5.74, 6) is -0.518. The smallest absolute Gasteiger partial charge is 0.283 e. The van der Waals surface area contributed by atoms with Crippen LogP contribution in [0.25, 0.3) is 11.2 Å². The average molecular weight is 464 g/mol. The standard InChI is InChI=1S/C19H21N5O5S2/c1-29-12-11-24-17-14(4-2-6-20-17)21-16(19(24)26)18(25)22-7-9-23(10-8-22)31(27,28)15-5-3-13-30-15/h2-6,13H,7-12H2,1H3. The van der Waals surface area contributed by atoms with E-state index in [4.69, 9.17) is 4.74 Å². The quantitative estimate of drug-likeness (QED) is 0.497. The number of carbonyl (C=O) groups is 1. The Labute approximate surface area is 183 Å². The van der Waals surface area contributed by atoms with Crippen molar-refractivity contribution in [3.63, 3.8) is 0 Å². The predicted molar refractivity (Wildman–Crippen MR) is 115 cm³/mol. The number of nitrogens with zero attached hydrogens (tertiary/aromatic N) is 5. The van der Waals surface area contributed by atoms with Gasteiger partial charge in [0, 0.05) is 32.5 Å². The van der Waals surface area contributed by atoms with Crippen LogP contribution in [-0.2, 0) is 25.9 Å². The fourth-order valence-corrected chi connectivity index (χ4v) is 5.99. The molecular weight excluding hydrogens is 442 g/mol. The number of ether oxygens (including phenoxy) is 1. The van der Waals surface area contributed by atoms with E-state index in [0.717, 1.165) is 11.3 Å². The molecule has 0 aromatic carbocycles. The second-order valence-electron chi connectivity index (χ2n) is 6.88. The number of piperazine rings is 1. The van der Waals surface area contributed by atoms with Crippen LogP contribution in [-0.4, -0.2) is 74.1 Å². The van der Waals surface area contributed by atoms with E-state index in [1.54, 1.807) is 35.8 Å². The van der Waals surface area contributed by atoms with Crippen molar-refractivity contribution >= 4 is 38.8 Å². The minimum Gasteiger partial charge on any atom is -0.592 e. The molecule has 1 unspecified atom stereocenters. The summed E-state index contributed by atoms with van der Waals surface area (Å²) in [7, 11) is -2.05. The second-order valence-corrected chi connectivity index (χ2v) is 10.00. The van der Waals surface area contributed by atoms with E-state index in [-0.39, 0.29) is 49.2 Å². The molecule has 0 spiro atoms. The highest BCUT2D eigenvalue weighted by Crippen LogP contribution is 2.26. The number of amides is 1. The van der Waals surface area contributed by atoms with E-state index in [1.807, 2.05) is 0 Å². The molecule has 1 saturated heterocycles. The predicted octanol–water partition coefficient (Wildman–Crippen LogP) is 0.861. The Kier molecular flexibility index (Phi) is 6.25. The van der Waals surface area contributed by atoms with E-state index in [2.05, 4.69) is 9.97 Å². The molecule has 1 atom stereocenters. The fourth-order valence-electron chi connectivity index (χ4n) is 3.42. The molecule has 31 heavy (non-hydrogen) atoms. The van der Waals surface area contributed by atoms with Crippen LogP contribution < -0.4 is 5.56 Å². The summed E-state index contributed by atoms with van der Waals surface area (Å²) in [6.45, 7) is 1.17. The third kappa shape index (κ3) is 4.16. The van der Waals surface area contributed by atoms with Crippen LogP contribution in [0, 0.1) is 0 Å². The van der Waals surface area contributed by atoms with Crippen LogP contribution in [0.4, 0.5) is 0 Å². The van der Waals surface area contributed by atoms with E-state index >= 15 is 0 Å². The summed E-state index contributed by atoms with van der Waals surface area (Å²) in [6.07, 6.45) is 1.56. The SMILES string of the molecule is COCCn1c(=O)c(C(=O)N2CCN([S+](=O)([O-])c3cccs3)CC2)nc2cccnc21. The van der Waals surface area contributed by atoms with Gasteiger partial charge < -0.3 is 14.2 Å². The van der Waals surface area contributed by atoms with Gasteiger partial charge in [0.15, 0.2) is 21.7 Å². The molecule has 12 heteroatoms. The molecule has 1 fully saturated rings. The van der Waals surface area contributed by atoms with E-state index < -0.39 is 21.9 Å². The number of carbonyl (C=O) groups excluding carboxylic acids is 1. The molecule has 1 amide bonds. The summed E-state index contributed by atoms with van der Waals surface area (Å²) in [6, 6.07) is 6.62. The van der Waals surface area contributed by atoms with Crippen molar-refractivity contribution in [2.45, 2.75) is 10.8 Å². The molecule has 0 aliphatic carbocycles. The highest BCUT2D eigenvalue weighted by Gasteiger charge is 2.36. The van der Waals surface area contributed by atoms with Gasteiger partial charge >= 0.3 is 0 Å².